The van der Waals surface area contributed by atoms with Gasteiger partial charge in [-0.3, -0.25) is 4.79 Å². The molecule has 0 saturated carbocycles. The Balaban J connectivity index is 3.92. The minimum Gasteiger partial charge on any atom is -0.480 e. The van der Waals surface area contributed by atoms with Crippen molar-refractivity contribution in [2.24, 2.45) is 0 Å². The molecule has 0 bridgehead atoms. The smallest absolute Gasteiger partial charge is 0.326 e. The number of carbonyl (C=O) groups is 2. The van der Waals surface area contributed by atoms with Crippen molar-refractivity contribution in [2.75, 3.05) is 12.4 Å². The van der Waals surface area contributed by atoms with Crippen LogP contribution >= 0.6 is 15.9 Å². The van der Waals surface area contributed by atoms with E-state index < -0.39 is 12.0 Å². The summed E-state index contributed by atoms with van der Waals surface area (Å²) in [4.78, 5) is 23.3. The first-order chi connectivity index (χ1) is 6.50. The number of likely N-dealkylation sites (N-methyl/N-ethyl adjacent to an activating group) is 1. The van der Waals surface area contributed by atoms with Crippen LogP contribution in [0.3, 0.4) is 0 Å². The van der Waals surface area contributed by atoms with Crippen molar-refractivity contribution in [3.63, 3.8) is 0 Å². The molecule has 0 aliphatic rings. The summed E-state index contributed by atoms with van der Waals surface area (Å²) in [6.45, 7) is 1.50. The van der Waals surface area contributed by atoms with Crippen molar-refractivity contribution in [1.29, 1.82) is 0 Å². The van der Waals surface area contributed by atoms with Gasteiger partial charge in [0.1, 0.15) is 6.04 Å². The highest BCUT2D eigenvalue weighted by Crippen LogP contribution is 2.04. The molecule has 4 nitrogen and oxygen atoms in total. The van der Waals surface area contributed by atoms with Gasteiger partial charge in [0.15, 0.2) is 0 Å². The fourth-order valence-electron chi connectivity index (χ4n) is 0.929. The van der Waals surface area contributed by atoms with Gasteiger partial charge in [-0.15, -0.1) is 0 Å². The lowest BCUT2D eigenvalue weighted by Crippen LogP contribution is -2.40. The summed E-state index contributed by atoms with van der Waals surface area (Å²) in [6.07, 6.45) is 2.14. The topological polar surface area (TPSA) is 57.6 Å². The van der Waals surface area contributed by atoms with E-state index in [1.807, 2.05) is 0 Å². The monoisotopic (exact) mass is 265 g/mol. The Morgan fingerprint density at radius 2 is 2.00 bits per heavy atom. The van der Waals surface area contributed by atoms with Crippen LogP contribution in [-0.2, 0) is 9.59 Å². The molecule has 0 unspecified atom stereocenters. The lowest BCUT2D eigenvalue weighted by atomic mass is 10.2. The molecule has 0 aliphatic heterocycles. The fourth-order valence-corrected chi connectivity index (χ4v) is 1.33. The Morgan fingerprint density at radius 1 is 1.43 bits per heavy atom. The van der Waals surface area contributed by atoms with Crippen LogP contribution in [0.5, 0.6) is 0 Å². The van der Waals surface area contributed by atoms with Gasteiger partial charge in [0, 0.05) is 18.8 Å². The van der Waals surface area contributed by atoms with E-state index in [1.165, 1.54) is 18.9 Å². The minimum absolute atomic E-state index is 0.110. The molecular weight excluding hydrogens is 250 g/mol. The molecule has 0 aromatic heterocycles. The van der Waals surface area contributed by atoms with Crippen LogP contribution in [0.25, 0.3) is 0 Å². The second kappa shape index (κ2) is 6.81. The molecule has 0 aromatic rings. The number of carboxylic acids is 1. The van der Waals surface area contributed by atoms with Crippen molar-refractivity contribution in [3.8, 4) is 0 Å². The first-order valence-corrected chi connectivity index (χ1v) is 5.67. The maximum Gasteiger partial charge on any atom is 0.326 e. The largest absolute Gasteiger partial charge is 0.480 e. The van der Waals surface area contributed by atoms with E-state index in [9.17, 15) is 9.59 Å². The van der Waals surface area contributed by atoms with E-state index in [0.717, 1.165) is 18.2 Å². The third-order valence-electron chi connectivity index (χ3n) is 2.11. The summed E-state index contributed by atoms with van der Waals surface area (Å²) < 4.78 is 0. The Hall–Kier alpha value is -0.580. The Morgan fingerprint density at radius 3 is 2.43 bits per heavy atom. The second-order valence-electron chi connectivity index (χ2n) is 3.16. The average Bonchev–Trinajstić information content (AvgIpc) is 2.15. The highest BCUT2D eigenvalue weighted by atomic mass is 79.9. The molecule has 1 amide bonds. The van der Waals surface area contributed by atoms with Gasteiger partial charge in [0.05, 0.1) is 0 Å². The van der Waals surface area contributed by atoms with E-state index in [1.54, 1.807) is 0 Å². The first-order valence-electron chi connectivity index (χ1n) is 4.55. The summed E-state index contributed by atoms with van der Waals surface area (Å²) >= 11 is 3.27. The summed E-state index contributed by atoms with van der Waals surface area (Å²) in [7, 11) is 1.52. The number of amides is 1. The lowest BCUT2D eigenvalue weighted by molar-refractivity contribution is -0.148. The Kier molecular flexibility index (Phi) is 6.53. The minimum atomic E-state index is -0.971. The average molecular weight is 266 g/mol. The van der Waals surface area contributed by atoms with Crippen molar-refractivity contribution in [1.82, 2.24) is 4.90 Å². The SMILES string of the molecule is C[C@@H](C(=O)O)N(C)C(=O)CCCCBr. The lowest BCUT2D eigenvalue weighted by Gasteiger charge is -2.21. The molecule has 0 rings (SSSR count). The summed E-state index contributed by atoms with van der Waals surface area (Å²) in [5.41, 5.74) is 0. The molecule has 82 valence electrons. The van der Waals surface area contributed by atoms with E-state index in [2.05, 4.69) is 15.9 Å². The van der Waals surface area contributed by atoms with Crippen LogP contribution in [0.4, 0.5) is 0 Å². The number of aliphatic carboxylic acids is 1. The summed E-state index contributed by atoms with van der Waals surface area (Å²) in [6, 6.07) is -0.744. The Labute approximate surface area is 92.4 Å². The van der Waals surface area contributed by atoms with Gasteiger partial charge < -0.3 is 10.0 Å². The van der Waals surface area contributed by atoms with Gasteiger partial charge >= 0.3 is 5.97 Å². The molecule has 1 atom stereocenters. The van der Waals surface area contributed by atoms with E-state index in [0.29, 0.717) is 6.42 Å². The Bertz CT molecular complexity index is 208. The normalized spacial score (nSPS) is 12.2. The maximum atomic E-state index is 11.4. The zero-order valence-corrected chi connectivity index (χ0v) is 10.1. The van der Waals surface area contributed by atoms with E-state index >= 15 is 0 Å². The zero-order valence-electron chi connectivity index (χ0n) is 8.49. The van der Waals surface area contributed by atoms with E-state index in [4.69, 9.17) is 5.11 Å². The molecule has 0 heterocycles. The van der Waals surface area contributed by atoms with Crippen LogP contribution in [-0.4, -0.2) is 40.3 Å². The third-order valence-corrected chi connectivity index (χ3v) is 2.67. The second-order valence-corrected chi connectivity index (χ2v) is 3.96. The molecule has 14 heavy (non-hydrogen) atoms. The van der Waals surface area contributed by atoms with Crippen LogP contribution in [0.2, 0.25) is 0 Å². The maximum absolute atomic E-state index is 11.4. The van der Waals surface area contributed by atoms with Gasteiger partial charge in [0.25, 0.3) is 0 Å². The zero-order chi connectivity index (χ0) is 11.1. The van der Waals surface area contributed by atoms with Crippen molar-refractivity contribution >= 4 is 27.8 Å². The van der Waals surface area contributed by atoms with Gasteiger partial charge in [0.2, 0.25) is 5.91 Å². The number of hydrogen-bond acceptors (Lipinski definition) is 2. The fraction of sp³-hybridized carbons (Fsp3) is 0.778. The van der Waals surface area contributed by atoms with Crippen molar-refractivity contribution in [2.45, 2.75) is 32.2 Å². The predicted octanol–water partition coefficient (Wildman–Crippen LogP) is 1.48. The number of unbranched alkanes of at least 4 members (excludes halogenated alkanes) is 1. The molecule has 0 saturated heterocycles. The third kappa shape index (κ3) is 4.60. The highest BCUT2D eigenvalue weighted by Gasteiger charge is 2.20. The van der Waals surface area contributed by atoms with Gasteiger partial charge in [-0.2, -0.15) is 0 Å². The van der Waals surface area contributed by atoms with E-state index in [-0.39, 0.29) is 5.91 Å². The van der Waals surface area contributed by atoms with Crippen molar-refractivity contribution in [3.05, 3.63) is 0 Å². The van der Waals surface area contributed by atoms with Crippen LogP contribution < -0.4 is 0 Å². The van der Waals surface area contributed by atoms with Crippen LogP contribution in [0.1, 0.15) is 26.2 Å². The summed E-state index contributed by atoms with van der Waals surface area (Å²) in [5, 5.41) is 9.54. The van der Waals surface area contributed by atoms with Gasteiger partial charge in [-0.1, -0.05) is 15.9 Å². The van der Waals surface area contributed by atoms with Crippen LogP contribution in [0, 0.1) is 0 Å². The summed E-state index contributed by atoms with van der Waals surface area (Å²) in [5.74, 6) is -1.08. The van der Waals surface area contributed by atoms with Crippen LogP contribution in [0.15, 0.2) is 0 Å². The van der Waals surface area contributed by atoms with Gasteiger partial charge in [-0.25, -0.2) is 4.79 Å². The molecule has 0 fully saturated rings. The molecule has 0 radical (unpaired) electrons. The number of carboxylic acid groups (broad SMARTS) is 1. The molecule has 0 aromatic carbocycles. The number of hydrogen-bond donors (Lipinski definition) is 1. The standard InChI is InChI=1S/C9H16BrNO3/c1-7(9(13)14)11(2)8(12)5-3-4-6-10/h7H,3-6H2,1-2H3,(H,13,14)/t7-/m0/s1. The number of carbonyl (C=O) groups excluding carboxylic acids is 1. The number of rotatable bonds is 6. The molecule has 5 heteroatoms. The number of alkyl halides is 1. The molecular formula is C9H16BrNO3. The highest BCUT2D eigenvalue weighted by molar-refractivity contribution is 9.09. The first kappa shape index (κ1) is 13.4. The predicted molar refractivity (Wildman–Crippen MR) is 57.5 cm³/mol. The number of halogens is 1. The number of nitrogens with zero attached hydrogens (tertiary/aromatic N) is 1. The quantitative estimate of drug-likeness (QED) is 0.585. The molecule has 0 spiro atoms. The van der Waals surface area contributed by atoms with Crippen molar-refractivity contribution < 1.29 is 14.7 Å². The molecule has 0 aliphatic carbocycles. The van der Waals surface area contributed by atoms with Gasteiger partial charge in [-0.05, 0) is 19.8 Å². The molecule has 1 N–H and O–H groups in total.